The number of nitrogens with zero attached hydrogens (tertiary/aromatic N) is 3. The average molecular weight is 401 g/mol. The highest BCUT2D eigenvalue weighted by molar-refractivity contribution is 7.17. The lowest BCUT2D eigenvalue weighted by Crippen LogP contribution is -2.65. The molecular formula is C20H24N4O3S. The van der Waals surface area contributed by atoms with Crippen LogP contribution in [0.4, 0.5) is 5.13 Å². The van der Waals surface area contributed by atoms with Crippen molar-refractivity contribution in [1.82, 2.24) is 14.8 Å². The lowest BCUT2D eigenvalue weighted by Gasteiger charge is -2.50. The normalized spacial score (nSPS) is 18.0. The van der Waals surface area contributed by atoms with E-state index in [4.69, 9.17) is 10.5 Å². The number of rotatable bonds is 5. The number of benzene rings is 1. The SMILES string of the molecule is COc1cccc(CC2(C(=O)N3CCCC3)CN(C(=O)c3cnc(N)s3)C2)c1. The van der Waals surface area contributed by atoms with Gasteiger partial charge in [0.25, 0.3) is 5.91 Å². The molecule has 0 bridgehead atoms. The van der Waals surface area contributed by atoms with Crippen LogP contribution in [0.5, 0.6) is 5.75 Å². The third-order valence-electron chi connectivity index (χ3n) is 5.53. The minimum Gasteiger partial charge on any atom is -0.497 e. The molecule has 0 saturated carbocycles. The maximum Gasteiger partial charge on any atom is 0.265 e. The Labute approximate surface area is 168 Å². The zero-order chi connectivity index (χ0) is 19.7. The first-order chi connectivity index (χ1) is 13.5. The van der Waals surface area contributed by atoms with Gasteiger partial charge in [-0.25, -0.2) is 4.98 Å². The summed E-state index contributed by atoms with van der Waals surface area (Å²) in [4.78, 5) is 34.2. The molecular weight excluding hydrogens is 376 g/mol. The van der Waals surface area contributed by atoms with E-state index >= 15 is 0 Å². The zero-order valence-corrected chi connectivity index (χ0v) is 16.7. The summed E-state index contributed by atoms with van der Waals surface area (Å²) in [5.41, 5.74) is 6.12. The summed E-state index contributed by atoms with van der Waals surface area (Å²) in [6, 6.07) is 7.80. The second-order valence-electron chi connectivity index (χ2n) is 7.53. The Balaban J connectivity index is 1.55. The number of nitrogens with two attached hydrogens (primary N) is 1. The topological polar surface area (TPSA) is 88.8 Å². The highest BCUT2D eigenvalue weighted by atomic mass is 32.1. The molecule has 0 radical (unpaired) electrons. The van der Waals surface area contributed by atoms with Crippen LogP contribution in [-0.2, 0) is 11.2 Å². The minimum absolute atomic E-state index is 0.107. The number of hydrogen-bond donors (Lipinski definition) is 1. The lowest BCUT2D eigenvalue weighted by atomic mass is 9.73. The van der Waals surface area contributed by atoms with Crippen molar-refractivity contribution in [2.75, 3.05) is 39.0 Å². The standard InChI is InChI=1S/C20H24N4O3S/c1-27-15-6-4-5-14(9-15)10-20(18(26)23-7-2-3-8-23)12-24(13-20)17(25)16-11-22-19(21)28-16/h4-6,9,11H,2-3,7-8,10,12-13H2,1H3,(H2,21,22). The van der Waals surface area contributed by atoms with Gasteiger partial charge in [0.05, 0.1) is 18.7 Å². The number of likely N-dealkylation sites (tertiary alicyclic amines) is 2. The van der Waals surface area contributed by atoms with Gasteiger partial charge in [0.2, 0.25) is 5.91 Å². The molecule has 1 aromatic heterocycles. The number of carbonyl (C=O) groups is 2. The zero-order valence-electron chi connectivity index (χ0n) is 15.9. The van der Waals surface area contributed by atoms with E-state index in [9.17, 15) is 9.59 Å². The molecule has 148 valence electrons. The molecule has 28 heavy (non-hydrogen) atoms. The van der Waals surface area contributed by atoms with Gasteiger partial charge in [-0.2, -0.15) is 0 Å². The van der Waals surface area contributed by atoms with E-state index in [0.29, 0.717) is 29.5 Å². The Morgan fingerprint density at radius 3 is 2.64 bits per heavy atom. The Morgan fingerprint density at radius 1 is 1.25 bits per heavy atom. The smallest absolute Gasteiger partial charge is 0.265 e. The average Bonchev–Trinajstić information content (AvgIpc) is 3.35. The molecule has 2 aliphatic heterocycles. The molecule has 2 N–H and O–H groups in total. The summed E-state index contributed by atoms with van der Waals surface area (Å²) >= 11 is 1.18. The molecule has 2 aliphatic rings. The Kier molecular flexibility index (Phi) is 4.97. The molecule has 2 saturated heterocycles. The van der Waals surface area contributed by atoms with Crippen molar-refractivity contribution in [3.05, 3.63) is 40.9 Å². The molecule has 0 spiro atoms. The maximum atomic E-state index is 13.3. The van der Waals surface area contributed by atoms with Crippen molar-refractivity contribution >= 4 is 28.3 Å². The van der Waals surface area contributed by atoms with Crippen LogP contribution in [-0.4, -0.2) is 59.9 Å². The Hall–Kier alpha value is -2.61. The third kappa shape index (κ3) is 3.44. The molecule has 0 aliphatic carbocycles. The molecule has 0 atom stereocenters. The van der Waals surface area contributed by atoms with E-state index in [-0.39, 0.29) is 11.8 Å². The summed E-state index contributed by atoms with van der Waals surface area (Å²) in [7, 11) is 1.63. The predicted octanol–water partition coefficient (Wildman–Crippen LogP) is 2.04. The van der Waals surface area contributed by atoms with Gasteiger partial charge in [-0.1, -0.05) is 23.5 Å². The number of anilines is 1. The molecule has 4 rings (SSSR count). The fourth-order valence-corrected chi connectivity index (χ4v) is 4.77. The van der Waals surface area contributed by atoms with Crippen molar-refractivity contribution in [2.45, 2.75) is 19.3 Å². The summed E-state index contributed by atoms with van der Waals surface area (Å²) in [5.74, 6) is 0.819. The van der Waals surface area contributed by atoms with Gasteiger partial charge in [-0.3, -0.25) is 9.59 Å². The Morgan fingerprint density at radius 2 is 2.00 bits per heavy atom. The summed E-state index contributed by atoms with van der Waals surface area (Å²) in [6.45, 7) is 2.43. The number of aromatic nitrogens is 1. The van der Waals surface area contributed by atoms with Crippen LogP contribution in [0.3, 0.4) is 0 Å². The molecule has 2 aromatic rings. The number of methoxy groups -OCH3 is 1. The fraction of sp³-hybridized carbons (Fsp3) is 0.450. The number of nitrogen functional groups attached to an aromatic ring is 1. The predicted molar refractivity (Wildman–Crippen MR) is 107 cm³/mol. The first-order valence-corrected chi connectivity index (χ1v) is 10.3. The van der Waals surface area contributed by atoms with E-state index < -0.39 is 5.41 Å². The van der Waals surface area contributed by atoms with Crippen molar-refractivity contribution < 1.29 is 14.3 Å². The lowest BCUT2D eigenvalue weighted by molar-refractivity contribution is -0.149. The molecule has 2 amide bonds. The summed E-state index contributed by atoms with van der Waals surface area (Å²) < 4.78 is 5.32. The molecule has 7 nitrogen and oxygen atoms in total. The van der Waals surface area contributed by atoms with Crippen molar-refractivity contribution in [3.63, 3.8) is 0 Å². The van der Waals surface area contributed by atoms with Crippen LogP contribution < -0.4 is 10.5 Å². The number of hydrogen-bond acceptors (Lipinski definition) is 6. The molecule has 3 heterocycles. The van der Waals surface area contributed by atoms with Crippen molar-refractivity contribution in [2.24, 2.45) is 5.41 Å². The van der Waals surface area contributed by atoms with Gasteiger partial charge in [0, 0.05) is 26.2 Å². The first-order valence-electron chi connectivity index (χ1n) is 9.44. The van der Waals surface area contributed by atoms with E-state index in [2.05, 4.69) is 4.98 Å². The molecule has 2 fully saturated rings. The van der Waals surface area contributed by atoms with E-state index in [1.165, 1.54) is 17.5 Å². The van der Waals surface area contributed by atoms with Gasteiger partial charge < -0.3 is 20.3 Å². The molecule has 0 unspecified atom stereocenters. The van der Waals surface area contributed by atoms with Crippen LogP contribution in [0.15, 0.2) is 30.5 Å². The van der Waals surface area contributed by atoms with Crippen LogP contribution >= 0.6 is 11.3 Å². The van der Waals surface area contributed by atoms with Crippen molar-refractivity contribution in [1.29, 1.82) is 0 Å². The van der Waals surface area contributed by atoms with Gasteiger partial charge >= 0.3 is 0 Å². The van der Waals surface area contributed by atoms with Crippen LogP contribution in [0, 0.1) is 5.41 Å². The van der Waals surface area contributed by atoms with Gasteiger partial charge in [-0.05, 0) is 37.0 Å². The van der Waals surface area contributed by atoms with Gasteiger partial charge in [0.1, 0.15) is 10.6 Å². The van der Waals surface area contributed by atoms with E-state index in [0.717, 1.165) is 37.2 Å². The third-order valence-corrected chi connectivity index (χ3v) is 6.35. The number of ether oxygens (including phenoxy) is 1. The highest BCUT2D eigenvalue weighted by Crippen LogP contribution is 2.39. The van der Waals surface area contributed by atoms with Crippen molar-refractivity contribution in [3.8, 4) is 5.75 Å². The number of amides is 2. The van der Waals surface area contributed by atoms with E-state index in [1.807, 2.05) is 29.2 Å². The molecule has 8 heteroatoms. The van der Waals surface area contributed by atoms with Crippen LogP contribution in [0.1, 0.15) is 28.1 Å². The summed E-state index contributed by atoms with van der Waals surface area (Å²) in [6.07, 6.45) is 4.19. The minimum atomic E-state index is -0.581. The maximum absolute atomic E-state index is 13.3. The fourth-order valence-electron chi connectivity index (χ4n) is 4.12. The monoisotopic (exact) mass is 400 g/mol. The number of thiazole rings is 1. The highest BCUT2D eigenvalue weighted by Gasteiger charge is 2.53. The summed E-state index contributed by atoms with van der Waals surface area (Å²) in [5, 5.41) is 0.375. The van der Waals surface area contributed by atoms with Gasteiger partial charge in [-0.15, -0.1) is 0 Å². The molecule has 1 aromatic carbocycles. The van der Waals surface area contributed by atoms with Crippen LogP contribution in [0.2, 0.25) is 0 Å². The first kappa shape index (κ1) is 18.7. The largest absolute Gasteiger partial charge is 0.497 e. The quantitative estimate of drug-likeness (QED) is 0.830. The van der Waals surface area contributed by atoms with Crippen LogP contribution in [0.25, 0.3) is 0 Å². The number of carbonyl (C=O) groups excluding carboxylic acids is 2. The van der Waals surface area contributed by atoms with Gasteiger partial charge in [0.15, 0.2) is 5.13 Å². The Bertz CT molecular complexity index is 885. The second kappa shape index (κ2) is 7.43. The van der Waals surface area contributed by atoms with E-state index in [1.54, 1.807) is 12.0 Å². The second-order valence-corrected chi connectivity index (χ2v) is 8.59.